The molecule has 9 nitrogen and oxygen atoms in total. The molecule has 0 radical (unpaired) electrons. The highest BCUT2D eigenvalue weighted by Gasteiger charge is 2.43. The second kappa shape index (κ2) is 12.3. The molecule has 0 aromatic heterocycles. The van der Waals surface area contributed by atoms with Crippen LogP contribution in [0.5, 0.6) is 11.5 Å². The van der Waals surface area contributed by atoms with Crippen molar-refractivity contribution in [3.8, 4) is 22.6 Å². The van der Waals surface area contributed by atoms with Crippen molar-refractivity contribution < 1.29 is 45.8 Å². The zero-order chi connectivity index (χ0) is 31.6. The predicted octanol–water partition coefficient (Wildman–Crippen LogP) is 5.24. The molecule has 2 N–H and O–H groups in total. The SMILES string of the molecule is COc1cccc2c1CC(C(=O)NCc1ccc(C(=O)O)cc1)N2S(=O)(=O)c1ccc(-c2ccc(F)cc2OC(F)F)cc1. The van der Waals surface area contributed by atoms with E-state index < -0.39 is 46.1 Å². The molecular formula is C31H25F3N2O7S. The summed E-state index contributed by atoms with van der Waals surface area (Å²) in [6.45, 7) is -3.18. The maximum atomic E-state index is 14.1. The first kappa shape index (κ1) is 30.4. The van der Waals surface area contributed by atoms with E-state index in [4.69, 9.17) is 9.84 Å². The lowest BCUT2D eigenvalue weighted by molar-refractivity contribution is -0.122. The largest absolute Gasteiger partial charge is 0.496 e. The van der Waals surface area contributed by atoms with Crippen LogP contribution in [0.2, 0.25) is 0 Å². The van der Waals surface area contributed by atoms with Gasteiger partial charge in [0.05, 0.1) is 23.3 Å². The fraction of sp³-hybridized carbons (Fsp3) is 0.161. The Morgan fingerprint density at radius 3 is 2.34 bits per heavy atom. The van der Waals surface area contributed by atoms with Crippen LogP contribution in [0.15, 0.2) is 89.8 Å². The van der Waals surface area contributed by atoms with E-state index >= 15 is 0 Å². The normalized spacial score (nSPS) is 14.3. The Morgan fingerprint density at radius 2 is 1.70 bits per heavy atom. The van der Waals surface area contributed by atoms with E-state index in [1.54, 1.807) is 30.3 Å². The molecule has 228 valence electrons. The number of amides is 1. The molecule has 0 spiro atoms. The lowest BCUT2D eigenvalue weighted by Crippen LogP contribution is -2.47. The lowest BCUT2D eigenvalue weighted by Gasteiger charge is -2.26. The van der Waals surface area contributed by atoms with E-state index in [0.29, 0.717) is 22.4 Å². The van der Waals surface area contributed by atoms with Crippen molar-refractivity contribution in [2.75, 3.05) is 11.4 Å². The number of ether oxygens (including phenoxy) is 2. The van der Waals surface area contributed by atoms with Crippen LogP contribution in [0.4, 0.5) is 18.9 Å². The highest BCUT2D eigenvalue weighted by molar-refractivity contribution is 7.93. The molecule has 0 fully saturated rings. The maximum absolute atomic E-state index is 14.1. The molecule has 1 heterocycles. The van der Waals surface area contributed by atoms with E-state index in [2.05, 4.69) is 10.1 Å². The van der Waals surface area contributed by atoms with Gasteiger partial charge in [-0.3, -0.25) is 9.10 Å². The molecule has 44 heavy (non-hydrogen) atoms. The second-order valence-electron chi connectivity index (χ2n) is 9.74. The number of nitrogens with one attached hydrogen (secondary N) is 1. The summed E-state index contributed by atoms with van der Waals surface area (Å²) in [5.41, 5.74) is 1.88. The fourth-order valence-electron chi connectivity index (χ4n) is 5.02. The summed E-state index contributed by atoms with van der Waals surface area (Å²) < 4.78 is 78.6. The molecule has 4 aromatic carbocycles. The van der Waals surface area contributed by atoms with Crippen LogP contribution >= 0.6 is 0 Å². The number of alkyl halides is 2. The molecule has 0 aliphatic carbocycles. The van der Waals surface area contributed by atoms with Gasteiger partial charge in [0, 0.05) is 30.2 Å². The number of hydrogen-bond acceptors (Lipinski definition) is 6. The van der Waals surface area contributed by atoms with Gasteiger partial charge in [-0.15, -0.1) is 0 Å². The summed E-state index contributed by atoms with van der Waals surface area (Å²) in [5, 5.41) is 11.8. The van der Waals surface area contributed by atoms with Gasteiger partial charge in [-0.2, -0.15) is 8.78 Å². The van der Waals surface area contributed by atoms with Crippen LogP contribution in [0.1, 0.15) is 21.5 Å². The smallest absolute Gasteiger partial charge is 0.387 e. The summed E-state index contributed by atoms with van der Waals surface area (Å²) in [5.74, 6) is -2.48. The highest BCUT2D eigenvalue weighted by Crippen LogP contribution is 2.42. The van der Waals surface area contributed by atoms with Crippen LogP contribution < -0.4 is 19.1 Å². The topological polar surface area (TPSA) is 122 Å². The number of fused-ring (bicyclic) bond motifs is 1. The standard InChI is InChI=1S/C31H25F3N2O7S/c1-42-27-4-2-3-25-24(27)16-26(29(37)35-17-18-5-7-20(8-6-18)30(38)39)36(25)44(40,41)22-12-9-19(10-13-22)23-14-11-21(32)15-28(23)43-31(33)34/h2-15,26,31H,16-17H2,1H3,(H,35,37)(H,38,39). The third-order valence-corrected chi connectivity index (χ3v) is 8.94. The minimum Gasteiger partial charge on any atom is -0.496 e. The molecule has 0 saturated carbocycles. The van der Waals surface area contributed by atoms with Gasteiger partial charge < -0.3 is 19.9 Å². The molecule has 0 saturated heterocycles. The molecule has 4 aromatic rings. The van der Waals surface area contributed by atoms with Gasteiger partial charge in [-0.1, -0.05) is 30.3 Å². The summed E-state index contributed by atoms with van der Waals surface area (Å²) in [6.07, 6.45) is 0.0182. The zero-order valence-corrected chi connectivity index (χ0v) is 23.9. The van der Waals surface area contributed by atoms with E-state index in [9.17, 15) is 31.2 Å². The summed E-state index contributed by atoms with van der Waals surface area (Å²) in [6, 6.07) is 17.9. The molecule has 1 amide bonds. The van der Waals surface area contributed by atoms with E-state index in [0.717, 1.165) is 16.4 Å². The van der Waals surface area contributed by atoms with Crippen molar-refractivity contribution in [1.29, 1.82) is 0 Å². The molecule has 1 aliphatic rings. The third kappa shape index (κ3) is 6.04. The molecule has 1 atom stereocenters. The second-order valence-corrected chi connectivity index (χ2v) is 11.6. The van der Waals surface area contributed by atoms with Crippen LogP contribution in [-0.4, -0.2) is 45.2 Å². The average Bonchev–Trinajstić information content (AvgIpc) is 3.41. The first-order valence-electron chi connectivity index (χ1n) is 13.1. The summed E-state index contributed by atoms with van der Waals surface area (Å²) in [7, 11) is -2.93. The van der Waals surface area contributed by atoms with Crippen molar-refractivity contribution in [3.63, 3.8) is 0 Å². The van der Waals surface area contributed by atoms with E-state index in [1.165, 1.54) is 49.6 Å². The fourth-order valence-corrected chi connectivity index (χ4v) is 6.66. The Labute approximate surface area is 250 Å². The Hall–Kier alpha value is -5.04. The first-order valence-corrected chi connectivity index (χ1v) is 14.6. The van der Waals surface area contributed by atoms with Gasteiger partial charge in [-0.05, 0) is 59.7 Å². The third-order valence-electron chi connectivity index (χ3n) is 7.10. The van der Waals surface area contributed by atoms with E-state index in [-0.39, 0.29) is 34.7 Å². The number of carboxylic acids is 1. The van der Waals surface area contributed by atoms with Gasteiger partial charge in [0.15, 0.2) is 0 Å². The van der Waals surface area contributed by atoms with E-state index in [1.807, 2.05) is 0 Å². The number of benzene rings is 4. The van der Waals surface area contributed by atoms with Crippen LogP contribution in [0, 0.1) is 5.82 Å². The van der Waals surface area contributed by atoms with Gasteiger partial charge in [-0.25, -0.2) is 17.6 Å². The average molecular weight is 627 g/mol. The first-order chi connectivity index (χ1) is 21.0. The lowest BCUT2D eigenvalue weighted by atomic mass is 10.0. The van der Waals surface area contributed by atoms with Crippen molar-refractivity contribution in [1.82, 2.24) is 5.32 Å². The Balaban J connectivity index is 1.46. The number of carbonyl (C=O) groups is 2. The van der Waals surface area contributed by atoms with Crippen LogP contribution in [0.3, 0.4) is 0 Å². The van der Waals surface area contributed by atoms with Crippen molar-refractivity contribution in [3.05, 3.63) is 107 Å². The number of carboxylic acid groups (broad SMARTS) is 1. The minimum absolute atomic E-state index is 0.0182. The van der Waals surface area contributed by atoms with Crippen LogP contribution in [-0.2, 0) is 27.8 Å². The number of halogens is 3. The number of nitrogens with zero attached hydrogens (tertiary/aromatic N) is 1. The van der Waals surface area contributed by atoms with Gasteiger partial charge in [0.25, 0.3) is 10.0 Å². The quantitative estimate of drug-likeness (QED) is 0.247. The molecular weight excluding hydrogens is 601 g/mol. The molecule has 1 unspecified atom stereocenters. The molecule has 5 rings (SSSR count). The minimum atomic E-state index is -4.36. The van der Waals surface area contributed by atoms with Gasteiger partial charge >= 0.3 is 12.6 Å². The number of anilines is 1. The number of carbonyl (C=O) groups excluding carboxylic acids is 1. The Bertz CT molecular complexity index is 1820. The Morgan fingerprint density at radius 1 is 1.00 bits per heavy atom. The Kier molecular flexibility index (Phi) is 8.50. The van der Waals surface area contributed by atoms with Crippen LogP contribution in [0.25, 0.3) is 11.1 Å². The van der Waals surface area contributed by atoms with Gasteiger partial charge in [0.1, 0.15) is 23.4 Å². The highest BCUT2D eigenvalue weighted by atomic mass is 32.2. The molecule has 0 bridgehead atoms. The molecule has 1 aliphatic heterocycles. The summed E-state index contributed by atoms with van der Waals surface area (Å²) in [4.78, 5) is 24.4. The van der Waals surface area contributed by atoms with Gasteiger partial charge in [0.2, 0.25) is 5.91 Å². The maximum Gasteiger partial charge on any atom is 0.387 e. The predicted molar refractivity (Wildman–Crippen MR) is 154 cm³/mol. The number of aromatic carboxylic acids is 1. The summed E-state index contributed by atoms with van der Waals surface area (Å²) >= 11 is 0. The van der Waals surface area contributed by atoms with Crippen molar-refractivity contribution in [2.45, 2.75) is 30.5 Å². The number of methoxy groups -OCH3 is 1. The number of rotatable bonds is 10. The van der Waals surface area contributed by atoms with Crippen molar-refractivity contribution >= 4 is 27.6 Å². The zero-order valence-electron chi connectivity index (χ0n) is 23.0. The number of sulfonamides is 1. The number of hydrogen-bond donors (Lipinski definition) is 2. The molecule has 13 heteroatoms. The monoisotopic (exact) mass is 626 g/mol. The van der Waals surface area contributed by atoms with Crippen molar-refractivity contribution in [2.24, 2.45) is 0 Å².